The Kier molecular flexibility index (Phi) is 5.43. The Morgan fingerprint density at radius 3 is 2.88 bits per heavy atom. The van der Waals surface area contributed by atoms with Crippen molar-refractivity contribution >= 4 is 12.0 Å². The van der Waals surface area contributed by atoms with Crippen molar-refractivity contribution in [3.8, 4) is 11.6 Å². The molecule has 2 aromatic heterocycles. The maximum absolute atomic E-state index is 12.1. The summed E-state index contributed by atoms with van der Waals surface area (Å²) in [6.07, 6.45) is 10.2. The van der Waals surface area contributed by atoms with E-state index in [9.17, 15) is 4.79 Å². The molecule has 0 atom stereocenters. The molecule has 3 rings (SSSR count). The number of benzene rings is 1. The van der Waals surface area contributed by atoms with E-state index in [0.717, 1.165) is 28.3 Å². The average molecular weight is 348 g/mol. The summed E-state index contributed by atoms with van der Waals surface area (Å²) in [6.45, 7) is 2.41. The summed E-state index contributed by atoms with van der Waals surface area (Å²) in [4.78, 5) is 20.4. The standard InChI is InChI=1S/C20H20N4O2/c1-15-3-6-18(26-2)17(11-15)5-8-20(25)23-13-16-4-7-19(22-12-16)24-10-9-21-14-24/h3-12,14H,13H2,1-2H3,(H,23,25)/b8-5+. The molecule has 0 aliphatic carbocycles. The van der Waals surface area contributed by atoms with Gasteiger partial charge in [-0.1, -0.05) is 17.7 Å². The van der Waals surface area contributed by atoms with Crippen LogP contribution in [0.4, 0.5) is 0 Å². The van der Waals surface area contributed by atoms with Crippen LogP contribution in [0.3, 0.4) is 0 Å². The number of amides is 1. The van der Waals surface area contributed by atoms with E-state index in [-0.39, 0.29) is 5.91 Å². The Labute approximate surface area is 152 Å². The van der Waals surface area contributed by atoms with Crippen molar-refractivity contribution in [2.75, 3.05) is 7.11 Å². The molecule has 6 nitrogen and oxygen atoms in total. The van der Waals surface area contributed by atoms with Crippen LogP contribution >= 0.6 is 0 Å². The van der Waals surface area contributed by atoms with Crippen molar-refractivity contribution in [1.82, 2.24) is 19.9 Å². The second-order valence-electron chi connectivity index (χ2n) is 5.79. The average Bonchev–Trinajstić information content (AvgIpc) is 3.20. The van der Waals surface area contributed by atoms with Gasteiger partial charge in [-0.3, -0.25) is 9.36 Å². The van der Waals surface area contributed by atoms with Gasteiger partial charge >= 0.3 is 0 Å². The number of carbonyl (C=O) groups is 1. The van der Waals surface area contributed by atoms with Gasteiger partial charge < -0.3 is 10.1 Å². The van der Waals surface area contributed by atoms with Crippen molar-refractivity contribution in [1.29, 1.82) is 0 Å². The molecular formula is C20H20N4O2. The number of nitrogens with one attached hydrogen (secondary N) is 1. The highest BCUT2D eigenvalue weighted by atomic mass is 16.5. The van der Waals surface area contributed by atoms with E-state index in [4.69, 9.17) is 4.74 Å². The third-order valence-electron chi connectivity index (χ3n) is 3.84. The smallest absolute Gasteiger partial charge is 0.244 e. The molecule has 0 bridgehead atoms. The first-order chi connectivity index (χ1) is 12.7. The highest BCUT2D eigenvalue weighted by molar-refractivity contribution is 5.92. The van der Waals surface area contributed by atoms with Gasteiger partial charge in [-0.2, -0.15) is 0 Å². The Balaban J connectivity index is 1.58. The fourth-order valence-corrected chi connectivity index (χ4v) is 2.47. The number of aryl methyl sites for hydroxylation is 1. The van der Waals surface area contributed by atoms with Crippen molar-refractivity contribution in [2.45, 2.75) is 13.5 Å². The molecule has 1 N–H and O–H groups in total. The zero-order valence-corrected chi connectivity index (χ0v) is 14.7. The topological polar surface area (TPSA) is 69.0 Å². The fraction of sp³-hybridized carbons (Fsp3) is 0.150. The number of rotatable bonds is 6. The zero-order chi connectivity index (χ0) is 18.4. The molecule has 0 saturated carbocycles. The maximum atomic E-state index is 12.1. The predicted molar refractivity (Wildman–Crippen MR) is 100.0 cm³/mol. The largest absolute Gasteiger partial charge is 0.496 e. The maximum Gasteiger partial charge on any atom is 0.244 e. The van der Waals surface area contributed by atoms with Crippen LogP contribution in [0.2, 0.25) is 0 Å². The molecule has 0 aliphatic heterocycles. The molecule has 0 aliphatic rings. The Bertz CT molecular complexity index is 900. The van der Waals surface area contributed by atoms with Crippen LogP contribution in [0.5, 0.6) is 5.75 Å². The van der Waals surface area contributed by atoms with Gasteiger partial charge in [0.25, 0.3) is 0 Å². The number of pyridine rings is 1. The van der Waals surface area contributed by atoms with Crippen LogP contribution < -0.4 is 10.1 Å². The minimum Gasteiger partial charge on any atom is -0.496 e. The molecule has 0 spiro atoms. The number of aromatic nitrogens is 3. The summed E-state index contributed by atoms with van der Waals surface area (Å²) in [6, 6.07) is 9.64. The van der Waals surface area contributed by atoms with E-state index in [1.807, 2.05) is 48.0 Å². The molecule has 0 saturated heterocycles. The van der Waals surface area contributed by atoms with E-state index in [1.165, 1.54) is 6.08 Å². The summed E-state index contributed by atoms with van der Waals surface area (Å²) in [5.41, 5.74) is 2.90. The third-order valence-corrected chi connectivity index (χ3v) is 3.84. The number of nitrogens with zero attached hydrogens (tertiary/aromatic N) is 3. The minimum absolute atomic E-state index is 0.174. The highest BCUT2D eigenvalue weighted by Gasteiger charge is 2.02. The zero-order valence-electron chi connectivity index (χ0n) is 14.7. The summed E-state index contributed by atoms with van der Waals surface area (Å²) in [5.74, 6) is 1.34. The van der Waals surface area contributed by atoms with Crippen LogP contribution in [-0.2, 0) is 11.3 Å². The molecule has 26 heavy (non-hydrogen) atoms. The monoisotopic (exact) mass is 348 g/mol. The highest BCUT2D eigenvalue weighted by Crippen LogP contribution is 2.20. The molecule has 0 fully saturated rings. The molecule has 132 valence electrons. The number of hydrogen-bond acceptors (Lipinski definition) is 4. The molecule has 2 heterocycles. The van der Waals surface area contributed by atoms with Crippen LogP contribution in [0.25, 0.3) is 11.9 Å². The Morgan fingerprint density at radius 1 is 1.31 bits per heavy atom. The van der Waals surface area contributed by atoms with E-state index in [1.54, 1.807) is 31.9 Å². The summed E-state index contributed by atoms with van der Waals surface area (Å²) < 4.78 is 7.13. The van der Waals surface area contributed by atoms with Gasteiger partial charge in [-0.25, -0.2) is 9.97 Å². The van der Waals surface area contributed by atoms with E-state index >= 15 is 0 Å². The lowest BCUT2D eigenvalue weighted by Crippen LogP contribution is -2.20. The number of ether oxygens (including phenoxy) is 1. The van der Waals surface area contributed by atoms with Gasteiger partial charge in [0.2, 0.25) is 5.91 Å². The first-order valence-electron chi connectivity index (χ1n) is 8.19. The van der Waals surface area contributed by atoms with Gasteiger partial charge in [0, 0.05) is 36.8 Å². The molecule has 1 amide bonds. The Morgan fingerprint density at radius 2 is 2.19 bits per heavy atom. The van der Waals surface area contributed by atoms with Gasteiger partial charge in [-0.05, 0) is 36.8 Å². The lowest BCUT2D eigenvalue weighted by molar-refractivity contribution is -0.116. The van der Waals surface area contributed by atoms with E-state index in [0.29, 0.717) is 6.54 Å². The molecule has 0 unspecified atom stereocenters. The van der Waals surface area contributed by atoms with E-state index < -0.39 is 0 Å². The Hall–Kier alpha value is -3.41. The first-order valence-corrected chi connectivity index (χ1v) is 8.19. The number of imidazole rings is 1. The van der Waals surface area contributed by atoms with Gasteiger partial charge in [0.15, 0.2) is 0 Å². The molecule has 0 radical (unpaired) electrons. The van der Waals surface area contributed by atoms with Crippen molar-refractivity contribution in [3.05, 3.63) is 78.0 Å². The summed E-state index contributed by atoms with van der Waals surface area (Å²) >= 11 is 0. The minimum atomic E-state index is -0.174. The van der Waals surface area contributed by atoms with E-state index in [2.05, 4.69) is 15.3 Å². The first kappa shape index (κ1) is 17.4. The number of carbonyl (C=O) groups excluding carboxylic acids is 1. The van der Waals surface area contributed by atoms with Gasteiger partial charge in [-0.15, -0.1) is 0 Å². The molecular weight excluding hydrogens is 328 g/mol. The normalized spacial score (nSPS) is 10.8. The van der Waals surface area contributed by atoms with Gasteiger partial charge in [0.05, 0.1) is 7.11 Å². The molecule has 3 aromatic rings. The third kappa shape index (κ3) is 4.36. The lowest BCUT2D eigenvalue weighted by atomic mass is 10.1. The lowest BCUT2D eigenvalue weighted by Gasteiger charge is -2.06. The second kappa shape index (κ2) is 8.11. The molecule has 6 heteroatoms. The summed E-state index contributed by atoms with van der Waals surface area (Å²) in [5, 5.41) is 2.85. The predicted octanol–water partition coefficient (Wildman–Crippen LogP) is 2.91. The molecule has 1 aromatic carbocycles. The van der Waals surface area contributed by atoms with Gasteiger partial charge in [0.1, 0.15) is 17.9 Å². The summed E-state index contributed by atoms with van der Waals surface area (Å²) in [7, 11) is 1.61. The number of methoxy groups -OCH3 is 1. The quantitative estimate of drug-likeness (QED) is 0.696. The SMILES string of the molecule is COc1ccc(C)cc1/C=C/C(=O)NCc1ccc(-n2ccnc2)nc1. The fourth-order valence-electron chi connectivity index (χ4n) is 2.47. The van der Waals surface area contributed by atoms with Crippen molar-refractivity contribution < 1.29 is 9.53 Å². The van der Waals surface area contributed by atoms with Crippen molar-refractivity contribution in [3.63, 3.8) is 0 Å². The number of hydrogen-bond donors (Lipinski definition) is 1. The van der Waals surface area contributed by atoms with Crippen LogP contribution in [-0.4, -0.2) is 27.6 Å². The van der Waals surface area contributed by atoms with Crippen molar-refractivity contribution in [2.24, 2.45) is 0 Å². The van der Waals surface area contributed by atoms with Crippen LogP contribution in [0, 0.1) is 6.92 Å². The van der Waals surface area contributed by atoms with Crippen LogP contribution in [0.1, 0.15) is 16.7 Å². The van der Waals surface area contributed by atoms with Crippen LogP contribution in [0.15, 0.2) is 61.3 Å². The second-order valence-corrected chi connectivity index (χ2v) is 5.79.